The van der Waals surface area contributed by atoms with Crippen LogP contribution in [0.2, 0.25) is 0 Å². The van der Waals surface area contributed by atoms with E-state index in [0.29, 0.717) is 5.69 Å². The number of nitrogens with zero attached hydrogens (tertiary/aromatic N) is 1. The van der Waals surface area contributed by atoms with Gasteiger partial charge in [-0.2, -0.15) is 0 Å². The number of nitrogens with one attached hydrogen (secondary N) is 1. The van der Waals surface area contributed by atoms with Crippen LogP contribution in [0.4, 0.5) is 11.4 Å². The lowest BCUT2D eigenvalue weighted by atomic mass is 10.1. The lowest BCUT2D eigenvalue weighted by Gasteiger charge is -2.32. The van der Waals surface area contributed by atoms with E-state index >= 15 is 0 Å². The number of amides is 1. The summed E-state index contributed by atoms with van der Waals surface area (Å²) in [6.45, 7) is 1.80. The summed E-state index contributed by atoms with van der Waals surface area (Å²) >= 11 is 0. The van der Waals surface area contributed by atoms with Crippen molar-refractivity contribution in [3.63, 3.8) is 0 Å². The molecule has 0 unspecified atom stereocenters. The first-order valence-electron chi connectivity index (χ1n) is 6.61. The van der Waals surface area contributed by atoms with Crippen LogP contribution in [0.25, 0.3) is 0 Å². The quantitative estimate of drug-likeness (QED) is 0.793. The van der Waals surface area contributed by atoms with Gasteiger partial charge in [0.1, 0.15) is 5.75 Å². The molecule has 1 fully saturated rings. The van der Waals surface area contributed by atoms with Gasteiger partial charge in [0.15, 0.2) is 6.61 Å². The summed E-state index contributed by atoms with van der Waals surface area (Å²) in [5, 5.41) is 3.22. The predicted molar refractivity (Wildman–Crippen MR) is 74.3 cm³/mol. The third-order valence-electron chi connectivity index (χ3n) is 3.93. The van der Waals surface area contributed by atoms with Gasteiger partial charge in [0.05, 0.1) is 5.69 Å². The van der Waals surface area contributed by atoms with Crippen LogP contribution in [0.1, 0.15) is 12.8 Å². The predicted octanol–water partition coefficient (Wildman–Crippen LogP) is 0.994. The van der Waals surface area contributed by atoms with Crippen molar-refractivity contribution in [3.8, 4) is 5.75 Å². The number of carbonyl (C=O) groups excluding carboxylic acids is 1. The van der Waals surface area contributed by atoms with E-state index in [2.05, 4.69) is 5.32 Å². The average molecular weight is 261 g/mol. The van der Waals surface area contributed by atoms with Crippen molar-refractivity contribution in [2.24, 2.45) is 5.41 Å². The molecule has 2 aliphatic rings. The van der Waals surface area contributed by atoms with Gasteiger partial charge in [0, 0.05) is 24.2 Å². The molecule has 1 aromatic carbocycles. The highest BCUT2D eigenvalue weighted by Crippen LogP contribution is 2.47. The van der Waals surface area contributed by atoms with Gasteiger partial charge in [-0.15, -0.1) is 0 Å². The molecule has 5 heteroatoms. The molecule has 0 bridgehead atoms. The monoisotopic (exact) mass is 261 g/mol. The highest BCUT2D eigenvalue weighted by Gasteiger charge is 2.45. The first-order chi connectivity index (χ1) is 9.13. The zero-order valence-corrected chi connectivity index (χ0v) is 11.1. The minimum absolute atomic E-state index is 0.0143. The van der Waals surface area contributed by atoms with Crippen LogP contribution < -0.4 is 20.7 Å². The minimum atomic E-state index is 0.0143. The number of hydrogen-bond donors (Lipinski definition) is 2. The summed E-state index contributed by atoms with van der Waals surface area (Å²) in [5.74, 6) is 0.759. The standard InChI is InChI=1S/C14H19N3O2/c1-16-8-14(4-5-14)9-17-11-6-10(15)2-3-12(11)19-7-13(17)18/h2-3,6,16H,4-5,7-9,15H2,1H3. The summed E-state index contributed by atoms with van der Waals surface area (Å²) in [6.07, 6.45) is 2.33. The maximum absolute atomic E-state index is 12.1. The molecule has 0 atom stereocenters. The molecule has 19 heavy (non-hydrogen) atoms. The fraction of sp³-hybridized carbons (Fsp3) is 0.500. The van der Waals surface area contributed by atoms with E-state index < -0.39 is 0 Å². The molecule has 1 amide bonds. The Balaban J connectivity index is 1.88. The smallest absolute Gasteiger partial charge is 0.265 e. The van der Waals surface area contributed by atoms with Gasteiger partial charge in [0.2, 0.25) is 0 Å². The van der Waals surface area contributed by atoms with Crippen LogP contribution in [-0.2, 0) is 4.79 Å². The van der Waals surface area contributed by atoms with Gasteiger partial charge in [-0.1, -0.05) is 0 Å². The average Bonchev–Trinajstić information content (AvgIpc) is 3.14. The Morgan fingerprint density at radius 3 is 2.95 bits per heavy atom. The molecule has 1 aliphatic carbocycles. The molecule has 1 heterocycles. The Morgan fingerprint density at radius 2 is 2.26 bits per heavy atom. The minimum Gasteiger partial charge on any atom is -0.482 e. The molecular weight excluding hydrogens is 242 g/mol. The molecule has 3 rings (SSSR count). The van der Waals surface area contributed by atoms with Gasteiger partial charge in [-0.25, -0.2) is 0 Å². The second kappa shape index (κ2) is 4.42. The lowest BCUT2D eigenvalue weighted by molar-refractivity contribution is -0.121. The summed E-state index contributed by atoms with van der Waals surface area (Å²) in [6, 6.07) is 5.46. The molecule has 0 radical (unpaired) electrons. The Morgan fingerprint density at radius 1 is 1.47 bits per heavy atom. The van der Waals surface area contributed by atoms with Gasteiger partial charge < -0.3 is 20.7 Å². The van der Waals surface area contributed by atoms with Crippen LogP contribution >= 0.6 is 0 Å². The first-order valence-corrected chi connectivity index (χ1v) is 6.61. The highest BCUT2D eigenvalue weighted by atomic mass is 16.5. The van der Waals surface area contributed by atoms with E-state index in [1.165, 1.54) is 0 Å². The largest absolute Gasteiger partial charge is 0.482 e. The number of anilines is 2. The maximum Gasteiger partial charge on any atom is 0.265 e. The number of hydrogen-bond acceptors (Lipinski definition) is 4. The van der Waals surface area contributed by atoms with Crippen molar-refractivity contribution in [2.45, 2.75) is 12.8 Å². The Kier molecular flexibility index (Phi) is 2.86. The van der Waals surface area contributed by atoms with Crippen molar-refractivity contribution in [2.75, 3.05) is 37.4 Å². The SMILES string of the molecule is CNCC1(CN2C(=O)COc3ccc(N)cc32)CC1. The molecular formula is C14H19N3O2. The number of carbonyl (C=O) groups is 1. The summed E-state index contributed by atoms with van der Waals surface area (Å²) in [5.41, 5.74) is 7.51. The number of benzene rings is 1. The number of nitrogen functional groups attached to an aromatic ring is 1. The zero-order valence-electron chi connectivity index (χ0n) is 11.1. The Bertz CT molecular complexity index is 511. The number of rotatable bonds is 4. The van der Waals surface area contributed by atoms with Gasteiger partial charge in [-0.3, -0.25) is 4.79 Å². The van der Waals surface area contributed by atoms with Gasteiger partial charge in [-0.05, 0) is 38.1 Å². The van der Waals surface area contributed by atoms with Crippen LogP contribution in [0.3, 0.4) is 0 Å². The van der Waals surface area contributed by atoms with Crippen molar-refractivity contribution >= 4 is 17.3 Å². The second-order valence-corrected chi connectivity index (χ2v) is 5.53. The molecule has 1 aliphatic heterocycles. The van der Waals surface area contributed by atoms with Crippen LogP contribution in [0.15, 0.2) is 18.2 Å². The van der Waals surface area contributed by atoms with Crippen molar-refractivity contribution < 1.29 is 9.53 Å². The van der Waals surface area contributed by atoms with E-state index in [-0.39, 0.29) is 17.9 Å². The van der Waals surface area contributed by atoms with Crippen molar-refractivity contribution in [1.29, 1.82) is 0 Å². The number of ether oxygens (including phenoxy) is 1. The number of fused-ring (bicyclic) bond motifs is 1. The first kappa shape index (κ1) is 12.3. The van der Waals surface area contributed by atoms with Crippen molar-refractivity contribution in [3.05, 3.63) is 18.2 Å². The number of nitrogens with two attached hydrogens (primary N) is 1. The van der Waals surface area contributed by atoms with Gasteiger partial charge >= 0.3 is 0 Å². The normalized spacial score (nSPS) is 19.8. The van der Waals surface area contributed by atoms with E-state index in [9.17, 15) is 4.79 Å². The third kappa shape index (κ3) is 2.26. The van der Waals surface area contributed by atoms with Crippen LogP contribution in [-0.4, -0.2) is 32.7 Å². The molecule has 102 valence electrons. The van der Waals surface area contributed by atoms with Crippen molar-refractivity contribution in [1.82, 2.24) is 5.32 Å². The van der Waals surface area contributed by atoms with E-state index in [1.807, 2.05) is 24.1 Å². The molecule has 3 N–H and O–H groups in total. The molecule has 0 spiro atoms. The molecule has 5 nitrogen and oxygen atoms in total. The highest BCUT2D eigenvalue weighted by molar-refractivity contribution is 5.98. The lowest BCUT2D eigenvalue weighted by Crippen LogP contribution is -2.44. The molecule has 1 saturated carbocycles. The summed E-state index contributed by atoms with van der Waals surface area (Å²) < 4.78 is 5.45. The second-order valence-electron chi connectivity index (χ2n) is 5.53. The molecule has 1 aromatic rings. The van der Waals surface area contributed by atoms with Crippen LogP contribution in [0.5, 0.6) is 5.75 Å². The Hall–Kier alpha value is -1.75. The van der Waals surface area contributed by atoms with Gasteiger partial charge in [0.25, 0.3) is 5.91 Å². The summed E-state index contributed by atoms with van der Waals surface area (Å²) in [7, 11) is 1.95. The van der Waals surface area contributed by atoms with E-state index in [0.717, 1.165) is 37.4 Å². The Labute approximate surface area is 112 Å². The topological polar surface area (TPSA) is 67.6 Å². The summed E-state index contributed by atoms with van der Waals surface area (Å²) in [4.78, 5) is 14.0. The van der Waals surface area contributed by atoms with E-state index in [4.69, 9.17) is 10.5 Å². The molecule has 0 aromatic heterocycles. The van der Waals surface area contributed by atoms with E-state index in [1.54, 1.807) is 6.07 Å². The zero-order chi connectivity index (χ0) is 13.5. The fourth-order valence-electron chi connectivity index (χ4n) is 2.67. The third-order valence-corrected chi connectivity index (χ3v) is 3.93. The molecule has 0 saturated heterocycles. The maximum atomic E-state index is 12.1. The van der Waals surface area contributed by atoms with Crippen LogP contribution in [0, 0.1) is 5.41 Å². The fourth-order valence-corrected chi connectivity index (χ4v) is 2.67.